The molecule has 0 fully saturated rings. The molecule has 2 aromatic carbocycles. The summed E-state index contributed by atoms with van der Waals surface area (Å²) in [5.41, 5.74) is 3.02. The molecule has 0 N–H and O–H groups in total. The van der Waals surface area contributed by atoms with Gasteiger partial charge in [0.05, 0.1) is 6.61 Å². The number of benzene rings is 2. The number of rotatable bonds is 4. The zero-order valence-electron chi connectivity index (χ0n) is 12.8. The van der Waals surface area contributed by atoms with Gasteiger partial charge >= 0.3 is 0 Å². The van der Waals surface area contributed by atoms with Crippen LogP contribution in [0.5, 0.6) is 0 Å². The van der Waals surface area contributed by atoms with E-state index < -0.39 is 0 Å². The predicted octanol–water partition coefficient (Wildman–Crippen LogP) is 4.77. The maximum absolute atomic E-state index is 12.9. The Morgan fingerprint density at radius 1 is 1.09 bits per heavy atom. The van der Waals surface area contributed by atoms with Crippen LogP contribution in [0.2, 0.25) is 0 Å². The van der Waals surface area contributed by atoms with Crippen molar-refractivity contribution < 1.29 is 4.74 Å². The molecule has 0 saturated heterocycles. The molecule has 3 rings (SSSR count). The SMILES string of the molecule is CCOCc1c(-c2ccccc2)sc2ccc(C)cc2c1=O. The van der Waals surface area contributed by atoms with Gasteiger partial charge in [-0.3, -0.25) is 4.79 Å². The minimum absolute atomic E-state index is 0.0877. The number of aryl methyl sites for hydroxylation is 1. The topological polar surface area (TPSA) is 26.3 Å². The highest BCUT2D eigenvalue weighted by Gasteiger charge is 2.14. The minimum atomic E-state index is 0.0877. The molecule has 1 heterocycles. The van der Waals surface area contributed by atoms with E-state index in [1.807, 2.05) is 56.3 Å². The van der Waals surface area contributed by atoms with Crippen molar-refractivity contribution >= 4 is 21.4 Å². The Labute approximate surface area is 134 Å². The van der Waals surface area contributed by atoms with Crippen LogP contribution in [-0.2, 0) is 11.3 Å². The summed E-state index contributed by atoms with van der Waals surface area (Å²) >= 11 is 1.66. The highest BCUT2D eigenvalue weighted by atomic mass is 32.1. The van der Waals surface area contributed by atoms with Crippen molar-refractivity contribution in [2.45, 2.75) is 20.5 Å². The maximum Gasteiger partial charge on any atom is 0.194 e. The highest BCUT2D eigenvalue weighted by Crippen LogP contribution is 2.32. The van der Waals surface area contributed by atoms with Gasteiger partial charge in [0.1, 0.15) is 0 Å². The van der Waals surface area contributed by atoms with E-state index >= 15 is 0 Å². The number of hydrogen-bond acceptors (Lipinski definition) is 3. The second kappa shape index (κ2) is 6.42. The molecule has 22 heavy (non-hydrogen) atoms. The molecule has 0 aliphatic carbocycles. The van der Waals surface area contributed by atoms with Crippen molar-refractivity contribution in [3.05, 3.63) is 69.9 Å². The summed E-state index contributed by atoms with van der Waals surface area (Å²) in [7, 11) is 0. The van der Waals surface area contributed by atoms with E-state index in [0.29, 0.717) is 13.2 Å². The van der Waals surface area contributed by atoms with Crippen LogP contribution in [0.1, 0.15) is 18.1 Å². The molecule has 0 saturated carbocycles. The fourth-order valence-corrected chi connectivity index (χ4v) is 3.65. The van der Waals surface area contributed by atoms with Crippen molar-refractivity contribution in [3.63, 3.8) is 0 Å². The molecule has 1 aromatic heterocycles. The smallest absolute Gasteiger partial charge is 0.194 e. The van der Waals surface area contributed by atoms with Crippen LogP contribution < -0.4 is 5.43 Å². The predicted molar refractivity (Wildman–Crippen MR) is 93.6 cm³/mol. The van der Waals surface area contributed by atoms with Gasteiger partial charge in [-0.2, -0.15) is 0 Å². The Morgan fingerprint density at radius 2 is 1.86 bits per heavy atom. The summed E-state index contributed by atoms with van der Waals surface area (Å²) < 4.78 is 6.57. The molecular weight excluding hydrogens is 292 g/mol. The van der Waals surface area contributed by atoms with E-state index in [-0.39, 0.29) is 5.43 Å². The number of fused-ring (bicyclic) bond motifs is 1. The van der Waals surface area contributed by atoms with E-state index in [0.717, 1.165) is 31.7 Å². The Hall–Kier alpha value is -1.97. The molecule has 0 unspecified atom stereocenters. The first kappa shape index (κ1) is 14.9. The minimum Gasteiger partial charge on any atom is -0.377 e. The summed E-state index contributed by atoms with van der Waals surface area (Å²) in [6.07, 6.45) is 0. The van der Waals surface area contributed by atoms with Gasteiger partial charge in [-0.05, 0) is 31.5 Å². The third-order valence-corrected chi connectivity index (χ3v) is 4.89. The molecule has 0 amide bonds. The van der Waals surface area contributed by atoms with E-state index in [1.165, 1.54) is 0 Å². The summed E-state index contributed by atoms with van der Waals surface area (Å²) in [5.74, 6) is 0. The van der Waals surface area contributed by atoms with Crippen molar-refractivity contribution in [2.24, 2.45) is 0 Å². The second-order valence-corrected chi connectivity index (χ2v) is 6.29. The lowest BCUT2D eigenvalue weighted by Gasteiger charge is -2.11. The van der Waals surface area contributed by atoms with Gasteiger partial charge in [0, 0.05) is 27.1 Å². The van der Waals surface area contributed by atoms with Crippen LogP contribution in [-0.4, -0.2) is 6.61 Å². The Bertz CT molecular complexity index is 850. The molecule has 0 aliphatic heterocycles. The first-order chi connectivity index (χ1) is 10.7. The standard InChI is InChI=1S/C19H18O2S/c1-3-21-12-16-18(20)15-11-13(2)9-10-17(15)22-19(16)14-7-5-4-6-8-14/h4-11H,3,12H2,1-2H3. The summed E-state index contributed by atoms with van der Waals surface area (Å²) in [6, 6.07) is 16.1. The average Bonchev–Trinajstić information content (AvgIpc) is 2.55. The maximum atomic E-state index is 12.9. The third-order valence-electron chi connectivity index (χ3n) is 3.63. The zero-order chi connectivity index (χ0) is 15.5. The fourth-order valence-electron chi connectivity index (χ4n) is 2.51. The average molecular weight is 310 g/mol. The van der Waals surface area contributed by atoms with Crippen LogP contribution in [0.3, 0.4) is 0 Å². The normalized spacial score (nSPS) is 11.0. The Kier molecular flexibility index (Phi) is 4.36. The second-order valence-electron chi connectivity index (χ2n) is 5.24. The molecule has 3 heteroatoms. The van der Waals surface area contributed by atoms with Gasteiger partial charge in [-0.15, -0.1) is 11.3 Å². The van der Waals surface area contributed by atoms with Crippen molar-refractivity contribution in [1.82, 2.24) is 0 Å². The van der Waals surface area contributed by atoms with Gasteiger partial charge < -0.3 is 4.74 Å². The molecule has 2 nitrogen and oxygen atoms in total. The Balaban J connectivity index is 2.29. The number of hydrogen-bond donors (Lipinski definition) is 0. The first-order valence-electron chi connectivity index (χ1n) is 7.40. The first-order valence-corrected chi connectivity index (χ1v) is 8.22. The van der Waals surface area contributed by atoms with Crippen molar-refractivity contribution in [2.75, 3.05) is 6.61 Å². The quantitative estimate of drug-likeness (QED) is 0.693. The zero-order valence-corrected chi connectivity index (χ0v) is 13.6. The third kappa shape index (κ3) is 2.82. The number of ether oxygens (including phenoxy) is 1. The van der Waals surface area contributed by atoms with Crippen molar-refractivity contribution in [1.29, 1.82) is 0 Å². The van der Waals surface area contributed by atoms with Crippen LogP contribution in [0.4, 0.5) is 0 Å². The van der Waals surface area contributed by atoms with Gasteiger partial charge in [0.2, 0.25) is 0 Å². The lowest BCUT2D eigenvalue weighted by Crippen LogP contribution is -2.12. The lowest BCUT2D eigenvalue weighted by molar-refractivity contribution is 0.134. The van der Waals surface area contributed by atoms with Crippen molar-refractivity contribution in [3.8, 4) is 10.4 Å². The highest BCUT2D eigenvalue weighted by molar-refractivity contribution is 7.21. The van der Waals surface area contributed by atoms with Crippen LogP contribution in [0.15, 0.2) is 53.3 Å². The summed E-state index contributed by atoms with van der Waals surface area (Å²) in [4.78, 5) is 13.9. The van der Waals surface area contributed by atoms with E-state index in [9.17, 15) is 4.79 Å². The summed E-state index contributed by atoms with van der Waals surface area (Å²) in [6.45, 7) is 4.92. The van der Waals surface area contributed by atoms with E-state index in [2.05, 4.69) is 6.07 Å². The van der Waals surface area contributed by atoms with Crippen LogP contribution in [0.25, 0.3) is 20.5 Å². The fraction of sp³-hybridized carbons (Fsp3) is 0.211. The van der Waals surface area contributed by atoms with Gasteiger partial charge in [0.25, 0.3) is 0 Å². The van der Waals surface area contributed by atoms with Crippen LogP contribution in [0, 0.1) is 6.92 Å². The molecule has 0 spiro atoms. The monoisotopic (exact) mass is 310 g/mol. The largest absolute Gasteiger partial charge is 0.377 e. The molecule has 112 valence electrons. The summed E-state index contributed by atoms with van der Waals surface area (Å²) in [5, 5.41) is 0.791. The Morgan fingerprint density at radius 3 is 2.59 bits per heavy atom. The van der Waals surface area contributed by atoms with Crippen LogP contribution >= 0.6 is 11.3 Å². The van der Waals surface area contributed by atoms with Gasteiger partial charge in [-0.1, -0.05) is 42.0 Å². The van der Waals surface area contributed by atoms with Gasteiger partial charge in [-0.25, -0.2) is 0 Å². The van der Waals surface area contributed by atoms with E-state index in [4.69, 9.17) is 4.74 Å². The molecule has 0 radical (unpaired) electrons. The van der Waals surface area contributed by atoms with Gasteiger partial charge in [0.15, 0.2) is 5.43 Å². The molecule has 3 aromatic rings. The van der Waals surface area contributed by atoms with E-state index in [1.54, 1.807) is 11.3 Å². The lowest BCUT2D eigenvalue weighted by atomic mass is 10.1. The molecule has 0 aliphatic rings. The molecular formula is C19H18O2S. The molecule has 0 bridgehead atoms. The molecule has 0 atom stereocenters.